The fraction of sp³-hybridized carbons (Fsp3) is 0.571. The number of hydrogen-bond donors (Lipinski definition) is 0. The molecule has 0 aliphatic heterocycles. The second kappa shape index (κ2) is 6.83. The molecule has 0 nitrogen and oxygen atoms in total. The van der Waals surface area contributed by atoms with Crippen molar-refractivity contribution in [1.29, 1.82) is 0 Å². The predicted octanol–water partition coefficient (Wildman–Crippen LogP) is 4.61. The van der Waals surface area contributed by atoms with Crippen LogP contribution >= 0.6 is 15.9 Å². The van der Waals surface area contributed by atoms with Crippen molar-refractivity contribution in [2.45, 2.75) is 48.1 Å². The van der Waals surface area contributed by atoms with Crippen LogP contribution < -0.4 is 0 Å². The fourth-order valence-corrected chi connectivity index (χ4v) is 3.71. The van der Waals surface area contributed by atoms with Gasteiger partial charge < -0.3 is 0 Å². The van der Waals surface area contributed by atoms with Crippen molar-refractivity contribution in [2.75, 3.05) is 0 Å². The molecule has 0 fully saturated rings. The third-order valence-corrected chi connectivity index (χ3v) is 6.36. The first-order chi connectivity index (χ1) is 7.58. The van der Waals surface area contributed by atoms with E-state index in [4.69, 9.17) is 0 Å². The van der Waals surface area contributed by atoms with Gasteiger partial charge in [0.15, 0.2) is 0 Å². The van der Waals surface area contributed by atoms with Gasteiger partial charge in [-0.3, -0.25) is 0 Å². The minimum atomic E-state index is 0.413. The van der Waals surface area contributed by atoms with Crippen molar-refractivity contribution in [3.05, 3.63) is 35.9 Å². The first kappa shape index (κ1) is 14.3. The van der Waals surface area contributed by atoms with E-state index in [1.165, 1.54) is 24.8 Å². The van der Waals surface area contributed by atoms with Crippen molar-refractivity contribution in [3.63, 3.8) is 0 Å². The SMILES string of the molecule is C[Se]C(C)(CCCC(C)Br)c1ccccc1. The van der Waals surface area contributed by atoms with Crippen LogP contribution in [0.2, 0.25) is 5.82 Å². The molecule has 0 N–H and O–H groups in total. The van der Waals surface area contributed by atoms with Gasteiger partial charge in [0, 0.05) is 0 Å². The van der Waals surface area contributed by atoms with E-state index >= 15 is 0 Å². The van der Waals surface area contributed by atoms with Crippen LogP contribution in [0.15, 0.2) is 30.3 Å². The molecule has 90 valence electrons. The van der Waals surface area contributed by atoms with E-state index in [-0.39, 0.29) is 0 Å². The van der Waals surface area contributed by atoms with E-state index in [1.54, 1.807) is 0 Å². The molecule has 0 bridgehead atoms. The van der Waals surface area contributed by atoms with Crippen LogP contribution in [-0.4, -0.2) is 19.8 Å². The van der Waals surface area contributed by atoms with Gasteiger partial charge in [0.25, 0.3) is 0 Å². The summed E-state index contributed by atoms with van der Waals surface area (Å²) in [5, 5.41) is 0. The van der Waals surface area contributed by atoms with Gasteiger partial charge in [-0.15, -0.1) is 0 Å². The number of halogens is 1. The number of alkyl halides is 1. The molecule has 2 heteroatoms. The zero-order valence-electron chi connectivity index (χ0n) is 10.4. The Bertz CT molecular complexity index is 297. The molecule has 0 radical (unpaired) electrons. The van der Waals surface area contributed by atoms with Gasteiger partial charge in [-0.1, -0.05) is 0 Å². The van der Waals surface area contributed by atoms with Gasteiger partial charge in [0.05, 0.1) is 0 Å². The molecule has 0 saturated carbocycles. The summed E-state index contributed by atoms with van der Waals surface area (Å²) in [6, 6.07) is 11.0. The molecular weight excluding hydrogens is 327 g/mol. The first-order valence-corrected chi connectivity index (χ1v) is 9.32. The van der Waals surface area contributed by atoms with Crippen LogP contribution in [0.3, 0.4) is 0 Å². The van der Waals surface area contributed by atoms with Gasteiger partial charge in [-0.2, -0.15) is 0 Å². The Balaban J connectivity index is 2.63. The molecule has 0 aromatic heterocycles. The second-order valence-electron chi connectivity index (χ2n) is 4.47. The molecule has 0 spiro atoms. The minimum absolute atomic E-state index is 0.413. The summed E-state index contributed by atoms with van der Waals surface area (Å²) in [5.41, 5.74) is 1.51. The molecule has 2 unspecified atom stereocenters. The summed E-state index contributed by atoms with van der Waals surface area (Å²) < 4.78 is 0.413. The molecule has 1 rings (SSSR count). The van der Waals surface area contributed by atoms with Crippen LogP contribution in [0, 0.1) is 0 Å². The summed E-state index contributed by atoms with van der Waals surface area (Å²) in [5.74, 6) is 2.36. The van der Waals surface area contributed by atoms with Gasteiger partial charge in [0.1, 0.15) is 0 Å². The zero-order valence-corrected chi connectivity index (χ0v) is 13.7. The van der Waals surface area contributed by atoms with E-state index < -0.39 is 0 Å². The average molecular weight is 348 g/mol. The van der Waals surface area contributed by atoms with Crippen LogP contribution in [0.4, 0.5) is 0 Å². The van der Waals surface area contributed by atoms with Crippen LogP contribution in [-0.2, 0) is 4.31 Å². The van der Waals surface area contributed by atoms with Gasteiger partial charge >= 0.3 is 115 Å². The summed E-state index contributed by atoms with van der Waals surface area (Å²) in [6.07, 6.45) is 3.90. The summed E-state index contributed by atoms with van der Waals surface area (Å²) in [4.78, 5) is 0.650. The average Bonchev–Trinajstić information content (AvgIpc) is 2.29. The maximum atomic E-state index is 3.63. The van der Waals surface area contributed by atoms with E-state index in [0.717, 1.165) is 0 Å². The van der Waals surface area contributed by atoms with Gasteiger partial charge in [0.2, 0.25) is 0 Å². The molecule has 1 aromatic rings. The predicted molar refractivity (Wildman–Crippen MR) is 77.7 cm³/mol. The standard InChI is InChI=1S/C14H21BrSe/c1-12(15)8-7-11-14(2,16-3)13-9-5-4-6-10-13/h4-6,9-10,12H,7-8,11H2,1-3H3. The number of benzene rings is 1. The molecule has 0 aliphatic rings. The number of rotatable bonds is 6. The van der Waals surface area contributed by atoms with Crippen molar-refractivity contribution < 1.29 is 0 Å². The first-order valence-electron chi connectivity index (χ1n) is 5.83. The summed E-state index contributed by atoms with van der Waals surface area (Å²) >= 11 is 4.28. The molecule has 1 aromatic carbocycles. The van der Waals surface area contributed by atoms with Gasteiger partial charge in [-0.05, 0) is 0 Å². The normalized spacial score (nSPS) is 16.8. The van der Waals surface area contributed by atoms with E-state index in [1.807, 2.05) is 0 Å². The molecule has 0 aliphatic carbocycles. The molecule has 2 atom stereocenters. The van der Waals surface area contributed by atoms with Crippen molar-refractivity contribution in [2.24, 2.45) is 0 Å². The molecule has 16 heavy (non-hydrogen) atoms. The van der Waals surface area contributed by atoms with Crippen LogP contribution in [0.5, 0.6) is 0 Å². The molecule has 0 saturated heterocycles. The Morgan fingerprint density at radius 3 is 2.44 bits per heavy atom. The molecule has 0 heterocycles. The maximum absolute atomic E-state index is 3.63. The molecule has 0 amide bonds. The topological polar surface area (TPSA) is 0 Å². The Hall–Kier alpha value is 0.219. The quantitative estimate of drug-likeness (QED) is 0.520. The second-order valence-corrected chi connectivity index (χ2v) is 8.78. The third-order valence-electron chi connectivity index (χ3n) is 3.09. The fourth-order valence-electron chi connectivity index (χ4n) is 1.88. The Morgan fingerprint density at radius 2 is 1.94 bits per heavy atom. The van der Waals surface area contributed by atoms with E-state index in [2.05, 4.69) is 65.9 Å². The molecular formula is C14H21BrSe. The number of hydrogen-bond acceptors (Lipinski definition) is 0. The van der Waals surface area contributed by atoms with Crippen LogP contribution in [0.25, 0.3) is 0 Å². The zero-order chi connectivity index (χ0) is 12.0. The van der Waals surface area contributed by atoms with Gasteiger partial charge in [-0.25, -0.2) is 0 Å². The Kier molecular flexibility index (Phi) is 6.10. The monoisotopic (exact) mass is 348 g/mol. The van der Waals surface area contributed by atoms with E-state index in [9.17, 15) is 0 Å². The van der Waals surface area contributed by atoms with Crippen LogP contribution in [0.1, 0.15) is 38.7 Å². The van der Waals surface area contributed by atoms with Crippen molar-refractivity contribution >= 4 is 30.9 Å². The Morgan fingerprint density at radius 1 is 1.31 bits per heavy atom. The van der Waals surface area contributed by atoms with Crippen molar-refractivity contribution in [1.82, 2.24) is 0 Å². The van der Waals surface area contributed by atoms with Crippen molar-refractivity contribution in [3.8, 4) is 0 Å². The third kappa shape index (κ3) is 4.24. The van der Waals surface area contributed by atoms with E-state index in [0.29, 0.717) is 24.1 Å². The summed E-state index contributed by atoms with van der Waals surface area (Å²) in [6.45, 7) is 4.65. The summed E-state index contributed by atoms with van der Waals surface area (Å²) in [7, 11) is 0. The Labute approximate surface area is 114 Å².